The number of allylic oxidation sites excluding steroid dienone is 2. The highest BCUT2D eigenvalue weighted by atomic mass is 16.4. The van der Waals surface area contributed by atoms with Crippen molar-refractivity contribution < 1.29 is 15.0 Å². The van der Waals surface area contributed by atoms with E-state index < -0.39 is 5.97 Å². The van der Waals surface area contributed by atoms with Crippen LogP contribution in [0.25, 0.3) is 0 Å². The SMILES string of the molecule is C=C(C)/C=C(/O)C(=C)C(=O)O. The predicted octanol–water partition coefficient (Wildman–Crippen LogP) is 1.65. The first-order valence-electron chi connectivity index (χ1n) is 2.94. The number of carboxylic acid groups (broad SMARTS) is 1. The quantitative estimate of drug-likeness (QED) is 0.369. The van der Waals surface area contributed by atoms with Gasteiger partial charge in [-0.15, -0.1) is 0 Å². The maximum absolute atomic E-state index is 10.2. The Hall–Kier alpha value is -1.51. The Morgan fingerprint density at radius 1 is 1.36 bits per heavy atom. The molecule has 11 heavy (non-hydrogen) atoms. The van der Waals surface area contributed by atoms with E-state index in [1.54, 1.807) is 6.92 Å². The lowest BCUT2D eigenvalue weighted by Gasteiger charge is -1.97. The molecule has 60 valence electrons. The molecular weight excluding hydrogens is 144 g/mol. The number of hydrogen-bond donors (Lipinski definition) is 2. The van der Waals surface area contributed by atoms with Gasteiger partial charge in [-0.05, 0) is 13.0 Å². The van der Waals surface area contributed by atoms with E-state index in [9.17, 15) is 4.79 Å². The molecular formula is C8H10O3. The molecule has 0 aliphatic heterocycles. The summed E-state index contributed by atoms with van der Waals surface area (Å²) in [5.74, 6) is -1.59. The summed E-state index contributed by atoms with van der Waals surface area (Å²) in [7, 11) is 0. The second kappa shape index (κ2) is 3.61. The van der Waals surface area contributed by atoms with E-state index in [1.165, 1.54) is 6.08 Å². The summed E-state index contributed by atoms with van der Waals surface area (Å²) in [4.78, 5) is 10.2. The van der Waals surface area contributed by atoms with Crippen LogP contribution in [0.4, 0.5) is 0 Å². The highest BCUT2D eigenvalue weighted by Gasteiger charge is 2.07. The maximum Gasteiger partial charge on any atom is 0.338 e. The predicted molar refractivity (Wildman–Crippen MR) is 42.3 cm³/mol. The molecule has 0 aliphatic carbocycles. The van der Waals surface area contributed by atoms with Gasteiger partial charge in [0.25, 0.3) is 0 Å². The van der Waals surface area contributed by atoms with Gasteiger partial charge in [0, 0.05) is 0 Å². The van der Waals surface area contributed by atoms with Crippen molar-refractivity contribution in [1.29, 1.82) is 0 Å². The minimum atomic E-state index is -1.24. The molecule has 3 heteroatoms. The zero-order valence-electron chi connectivity index (χ0n) is 6.29. The summed E-state index contributed by atoms with van der Waals surface area (Å²) in [6.07, 6.45) is 1.25. The summed E-state index contributed by atoms with van der Waals surface area (Å²) in [5.41, 5.74) is 0.248. The van der Waals surface area contributed by atoms with Crippen molar-refractivity contribution >= 4 is 5.97 Å². The molecule has 0 atom stereocenters. The maximum atomic E-state index is 10.2. The highest BCUT2D eigenvalue weighted by molar-refractivity contribution is 5.90. The van der Waals surface area contributed by atoms with Crippen molar-refractivity contribution in [2.75, 3.05) is 0 Å². The van der Waals surface area contributed by atoms with Crippen molar-refractivity contribution in [2.45, 2.75) is 6.92 Å². The topological polar surface area (TPSA) is 57.5 Å². The van der Waals surface area contributed by atoms with E-state index >= 15 is 0 Å². The van der Waals surface area contributed by atoms with E-state index in [-0.39, 0.29) is 11.3 Å². The first-order chi connectivity index (χ1) is 4.95. The first-order valence-corrected chi connectivity index (χ1v) is 2.94. The molecule has 0 rings (SSSR count). The van der Waals surface area contributed by atoms with Crippen LogP contribution in [0.1, 0.15) is 6.92 Å². The molecule has 0 saturated heterocycles. The smallest absolute Gasteiger partial charge is 0.338 e. The Labute approximate surface area is 65.0 Å². The second-order valence-corrected chi connectivity index (χ2v) is 2.16. The molecule has 0 fully saturated rings. The number of carboxylic acids is 1. The number of rotatable bonds is 3. The van der Waals surface area contributed by atoms with E-state index in [4.69, 9.17) is 10.2 Å². The van der Waals surface area contributed by atoms with E-state index in [0.717, 1.165) is 0 Å². The van der Waals surface area contributed by atoms with Gasteiger partial charge < -0.3 is 10.2 Å². The molecule has 0 unspecified atom stereocenters. The molecule has 0 spiro atoms. The lowest BCUT2D eigenvalue weighted by molar-refractivity contribution is -0.132. The molecule has 0 heterocycles. The lowest BCUT2D eigenvalue weighted by Crippen LogP contribution is -2.01. The fourth-order valence-electron chi connectivity index (χ4n) is 0.430. The summed E-state index contributed by atoms with van der Waals surface area (Å²) >= 11 is 0. The molecule has 0 amide bonds. The van der Waals surface area contributed by atoms with E-state index in [2.05, 4.69) is 13.2 Å². The molecule has 2 N–H and O–H groups in total. The minimum absolute atomic E-state index is 0.326. The third-order valence-corrected chi connectivity index (χ3v) is 0.950. The van der Waals surface area contributed by atoms with Gasteiger partial charge >= 0.3 is 5.97 Å². The van der Waals surface area contributed by atoms with Gasteiger partial charge in [0.05, 0.1) is 5.57 Å². The summed E-state index contributed by atoms with van der Waals surface area (Å²) in [6.45, 7) is 8.26. The lowest BCUT2D eigenvalue weighted by atomic mass is 10.2. The van der Waals surface area contributed by atoms with Crippen LogP contribution in [-0.4, -0.2) is 16.2 Å². The zero-order chi connectivity index (χ0) is 9.02. The van der Waals surface area contributed by atoms with Gasteiger partial charge in [0.1, 0.15) is 5.76 Å². The van der Waals surface area contributed by atoms with Crippen LogP contribution in [0.3, 0.4) is 0 Å². The van der Waals surface area contributed by atoms with Crippen LogP contribution in [0, 0.1) is 0 Å². The average Bonchev–Trinajstić information content (AvgIpc) is 1.84. The molecule has 0 radical (unpaired) electrons. The van der Waals surface area contributed by atoms with Gasteiger partial charge in [-0.2, -0.15) is 0 Å². The normalized spacial score (nSPS) is 10.8. The monoisotopic (exact) mass is 154 g/mol. The Morgan fingerprint density at radius 2 is 1.82 bits per heavy atom. The third kappa shape index (κ3) is 3.25. The zero-order valence-corrected chi connectivity index (χ0v) is 6.29. The van der Waals surface area contributed by atoms with Crippen molar-refractivity contribution in [3.63, 3.8) is 0 Å². The largest absolute Gasteiger partial charge is 0.507 e. The summed E-state index contributed by atoms with van der Waals surface area (Å²) in [6, 6.07) is 0. The van der Waals surface area contributed by atoms with Crippen LogP contribution >= 0.6 is 0 Å². The summed E-state index contributed by atoms with van der Waals surface area (Å²) < 4.78 is 0. The molecule has 0 aromatic heterocycles. The van der Waals surface area contributed by atoms with Gasteiger partial charge in [0.15, 0.2) is 0 Å². The van der Waals surface area contributed by atoms with Crippen molar-refractivity contribution in [3.8, 4) is 0 Å². The van der Waals surface area contributed by atoms with Gasteiger partial charge in [0.2, 0.25) is 0 Å². The van der Waals surface area contributed by atoms with E-state index in [1.807, 2.05) is 0 Å². The standard InChI is InChI=1S/C8H10O3/c1-5(2)4-7(9)6(3)8(10)11/h4,9H,1,3H2,2H3,(H,10,11)/b7-4+. The molecule has 0 aromatic carbocycles. The van der Waals surface area contributed by atoms with Crippen LogP contribution in [0.2, 0.25) is 0 Å². The van der Waals surface area contributed by atoms with Crippen LogP contribution in [0.5, 0.6) is 0 Å². The van der Waals surface area contributed by atoms with Gasteiger partial charge in [-0.3, -0.25) is 0 Å². The minimum Gasteiger partial charge on any atom is -0.507 e. The third-order valence-electron chi connectivity index (χ3n) is 0.950. The highest BCUT2D eigenvalue weighted by Crippen LogP contribution is 2.06. The first kappa shape index (κ1) is 9.49. The van der Waals surface area contributed by atoms with Crippen molar-refractivity contribution in [2.24, 2.45) is 0 Å². The molecule has 0 saturated carbocycles. The number of carbonyl (C=O) groups is 1. The van der Waals surface area contributed by atoms with Crippen molar-refractivity contribution in [3.05, 3.63) is 36.1 Å². The average molecular weight is 154 g/mol. The van der Waals surface area contributed by atoms with Crippen LogP contribution in [0.15, 0.2) is 36.1 Å². The van der Waals surface area contributed by atoms with E-state index in [0.29, 0.717) is 5.57 Å². The fourth-order valence-corrected chi connectivity index (χ4v) is 0.430. The Bertz CT molecular complexity index is 236. The Morgan fingerprint density at radius 3 is 2.09 bits per heavy atom. The Balaban J connectivity index is 4.49. The second-order valence-electron chi connectivity index (χ2n) is 2.16. The van der Waals surface area contributed by atoms with Gasteiger partial charge in [-0.25, -0.2) is 4.79 Å². The number of aliphatic hydroxyl groups excluding tert-OH is 1. The summed E-state index contributed by atoms with van der Waals surface area (Å²) in [5, 5.41) is 17.3. The number of aliphatic hydroxyl groups is 1. The Kier molecular flexibility index (Phi) is 3.11. The molecule has 0 aliphatic rings. The van der Waals surface area contributed by atoms with Crippen molar-refractivity contribution in [1.82, 2.24) is 0 Å². The number of aliphatic carboxylic acids is 1. The van der Waals surface area contributed by atoms with Crippen LogP contribution in [-0.2, 0) is 4.79 Å². The van der Waals surface area contributed by atoms with Crippen LogP contribution < -0.4 is 0 Å². The van der Waals surface area contributed by atoms with Gasteiger partial charge in [-0.1, -0.05) is 18.7 Å². The molecule has 0 bridgehead atoms. The fraction of sp³-hybridized carbons (Fsp3) is 0.125. The number of hydrogen-bond acceptors (Lipinski definition) is 2. The molecule has 0 aromatic rings. The molecule has 3 nitrogen and oxygen atoms in total.